The van der Waals surface area contributed by atoms with Gasteiger partial charge in [-0.2, -0.15) is 5.10 Å². The van der Waals surface area contributed by atoms with Crippen molar-refractivity contribution in [2.45, 2.75) is 6.92 Å². The lowest BCUT2D eigenvalue weighted by Gasteiger charge is -2.15. The highest BCUT2D eigenvalue weighted by Crippen LogP contribution is 2.38. The van der Waals surface area contributed by atoms with Crippen LogP contribution in [0.2, 0.25) is 10.0 Å². The number of hydrogen-bond acceptors (Lipinski definition) is 5. The normalized spacial score (nSPS) is 11.3. The fourth-order valence-electron chi connectivity index (χ4n) is 2.20. The second kappa shape index (κ2) is 9.12. The lowest BCUT2D eigenvalue weighted by atomic mass is 10.0. The van der Waals surface area contributed by atoms with E-state index in [0.717, 1.165) is 0 Å². The van der Waals surface area contributed by atoms with Gasteiger partial charge < -0.3 is 20.4 Å². The third kappa shape index (κ3) is 4.81. The van der Waals surface area contributed by atoms with Crippen LogP contribution in [0.1, 0.15) is 18.1 Å². The van der Waals surface area contributed by atoms with Crippen LogP contribution in [-0.4, -0.2) is 30.0 Å². The molecule has 0 radical (unpaired) electrons. The minimum absolute atomic E-state index is 0.281. The number of aliphatic carboxylic acids is 1. The molecule has 0 aromatic heterocycles. The van der Waals surface area contributed by atoms with Crippen LogP contribution in [-0.2, 0) is 4.79 Å². The molecule has 2 aromatic rings. The van der Waals surface area contributed by atoms with Crippen molar-refractivity contribution in [1.82, 2.24) is 0 Å². The molecule has 0 saturated heterocycles. The van der Waals surface area contributed by atoms with Crippen molar-refractivity contribution >= 4 is 50.8 Å². The maximum Gasteiger partial charge on any atom is 0.341 e. The number of carbonyl (C=O) groups is 1. The Balaban J connectivity index is 2.50. The van der Waals surface area contributed by atoms with Crippen molar-refractivity contribution in [2.24, 2.45) is 10.9 Å². The first-order valence-corrected chi connectivity index (χ1v) is 8.96. The number of carboxylic acid groups (broad SMARTS) is 1. The average Bonchev–Trinajstić information content (AvgIpc) is 2.58. The number of benzene rings is 2. The molecule has 26 heavy (non-hydrogen) atoms. The van der Waals surface area contributed by atoms with Crippen LogP contribution in [0.4, 0.5) is 0 Å². The van der Waals surface area contributed by atoms with Gasteiger partial charge in [-0.1, -0.05) is 29.3 Å². The topological polar surface area (TPSA) is 94.1 Å². The highest BCUT2D eigenvalue weighted by atomic mass is 79.9. The van der Waals surface area contributed by atoms with Crippen molar-refractivity contribution in [3.8, 4) is 11.5 Å². The number of halogens is 3. The summed E-state index contributed by atoms with van der Waals surface area (Å²) < 4.78 is 11.4. The molecule has 0 saturated carbocycles. The zero-order chi connectivity index (χ0) is 19.3. The Bertz CT molecular complexity index is 859. The molecule has 0 spiro atoms. The van der Waals surface area contributed by atoms with Gasteiger partial charge in [0.2, 0.25) is 0 Å². The monoisotopic (exact) mass is 460 g/mol. The molecule has 0 atom stereocenters. The SMILES string of the molecule is CCOc1cc(C(=NN)c2ccc(Cl)c(Cl)c2)cc(Br)c1OCC(=O)O. The van der Waals surface area contributed by atoms with Gasteiger partial charge in [-0.3, -0.25) is 0 Å². The number of nitrogens with two attached hydrogens (primary N) is 1. The first-order valence-electron chi connectivity index (χ1n) is 7.42. The molecule has 0 aliphatic rings. The van der Waals surface area contributed by atoms with Gasteiger partial charge in [-0.15, -0.1) is 0 Å². The van der Waals surface area contributed by atoms with Gasteiger partial charge in [-0.05, 0) is 47.1 Å². The van der Waals surface area contributed by atoms with Gasteiger partial charge in [-0.25, -0.2) is 4.79 Å². The molecule has 0 amide bonds. The number of hydrogen-bond donors (Lipinski definition) is 2. The summed E-state index contributed by atoms with van der Waals surface area (Å²) in [6.07, 6.45) is 0. The Labute approximate surface area is 168 Å². The molecule has 6 nitrogen and oxygen atoms in total. The lowest BCUT2D eigenvalue weighted by molar-refractivity contribution is -0.139. The minimum Gasteiger partial charge on any atom is -0.490 e. The molecular formula is C17H15BrCl2N2O4. The Morgan fingerprint density at radius 3 is 2.50 bits per heavy atom. The quantitative estimate of drug-likeness (QED) is 0.363. The van der Waals surface area contributed by atoms with E-state index < -0.39 is 12.6 Å². The molecule has 9 heteroatoms. The number of ether oxygens (including phenoxy) is 2. The predicted octanol–water partition coefficient (Wildman–Crippen LogP) is 4.33. The second-order valence-electron chi connectivity index (χ2n) is 5.01. The smallest absolute Gasteiger partial charge is 0.341 e. The summed E-state index contributed by atoms with van der Waals surface area (Å²) in [5.41, 5.74) is 1.74. The third-order valence-electron chi connectivity index (χ3n) is 3.24. The maximum atomic E-state index is 10.8. The molecule has 0 bridgehead atoms. The van der Waals surface area contributed by atoms with Gasteiger partial charge >= 0.3 is 5.97 Å². The summed E-state index contributed by atoms with van der Waals surface area (Å²) in [4.78, 5) is 10.8. The van der Waals surface area contributed by atoms with Crippen molar-refractivity contribution in [1.29, 1.82) is 0 Å². The number of hydrazone groups is 1. The average molecular weight is 462 g/mol. The zero-order valence-electron chi connectivity index (χ0n) is 13.6. The lowest BCUT2D eigenvalue weighted by Crippen LogP contribution is -2.12. The van der Waals surface area contributed by atoms with Crippen LogP contribution in [0, 0.1) is 0 Å². The maximum absolute atomic E-state index is 10.8. The Kier molecular flexibility index (Phi) is 7.14. The van der Waals surface area contributed by atoms with E-state index in [1.165, 1.54) is 0 Å². The molecule has 0 heterocycles. The van der Waals surface area contributed by atoms with Crippen LogP contribution < -0.4 is 15.3 Å². The fraction of sp³-hybridized carbons (Fsp3) is 0.176. The first kappa shape index (κ1) is 20.4. The zero-order valence-corrected chi connectivity index (χ0v) is 16.7. The van der Waals surface area contributed by atoms with Crippen molar-refractivity contribution in [2.75, 3.05) is 13.2 Å². The van der Waals surface area contributed by atoms with Gasteiger partial charge in [0.05, 0.1) is 26.8 Å². The summed E-state index contributed by atoms with van der Waals surface area (Å²) >= 11 is 15.4. The van der Waals surface area contributed by atoms with Crippen molar-refractivity contribution < 1.29 is 19.4 Å². The third-order valence-corrected chi connectivity index (χ3v) is 4.57. The predicted molar refractivity (Wildman–Crippen MR) is 105 cm³/mol. The molecular weight excluding hydrogens is 447 g/mol. The van der Waals surface area contributed by atoms with Gasteiger partial charge in [0.25, 0.3) is 0 Å². The largest absolute Gasteiger partial charge is 0.490 e. The Morgan fingerprint density at radius 2 is 1.92 bits per heavy atom. The molecule has 0 aliphatic carbocycles. The van der Waals surface area contributed by atoms with Crippen LogP contribution in [0.15, 0.2) is 39.9 Å². The standard InChI is InChI=1S/C17H15BrCl2N2O4/c1-2-25-14-7-10(5-11(18)17(14)26-8-15(23)24)16(22-21)9-3-4-12(19)13(20)6-9/h3-7H,2,8,21H2,1H3,(H,23,24). The fourth-order valence-corrected chi connectivity index (χ4v) is 3.06. The summed E-state index contributed by atoms with van der Waals surface area (Å²) in [5.74, 6) is 5.13. The molecule has 2 rings (SSSR count). The van der Waals surface area contributed by atoms with Crippen LogP contribution in [0.25, 0.3) is 0 Å². The van der Waals surface area contributed by atoms with E-state index in [2.05, 4.69) is 21.0 Å². The molecule has 138 valence electrons. The second-order valence-corrected chi connectivity index (χ2v) is 6.68. The molecule has 0 aliphatic heterocycles. The van der Waals surface area contributed by atoms with Gasteiger partial charge in [0.15, 0.2) is 18.1 Å². The van der Waals surface area contributed by atoms with Crippen molar-refractivity contribution in [3.63, 3.8) is 0 Å². The molecule has 0 unspecified atom stereocenters. The van der Waals surface area contributed by atoms with Gasteiger partial charge in [0, 0.05) is 11.1 Å². The minimum atomic E-state index is -1.09. The number of nitrogens with zero attached hydrogens (tertiary/aromatic N) is 1. The van der Waals surface area contributed by atoms with E-state index in [9.17, 15) is 4.79 Å². The number of rotatable bonds is 7. The molecule has 3 N–H and O–H groups in total. The summed E-state index contributed by atoms with van der Waals surface area (Å²) in [5, 5.41) is 13.5. The molecule has 0 fully saturated rings. The first-order chi connectivity index (χ1) is 12.4. The summed E-state index contributed by atoms with van der Waals surface area (Å²) in [7, 11) is 0. The van der Waals surface area contributed by atoms with Gasteiger partial charge in [0.1, 0.15) is 0 Å². The molecule has 2 aromatic carbocycles. The van der Waals surface area contributed by atoms with Crippen LogP contribution in [0.3, 0.4) is 0 Å². The van der Waals surface area contributed by atoms with E-state index in [1.807, 2.05) is 0 Å². The van der Waals surface area contributed by atoms with E-state index in [0.29, 0.717) is 43.7 Å². The van der Waals surface area contributed by atoms with Crippen LogP contribution >= 0.6 is 39.1 Å². The van der Waals surface area contributed by atoms with Crippen LogP contribution in [0.5, 0.6) is 11.5 Å². The van der Waals surface area contributed by atoms with Crippen molar-refractivity contribution in [3.05, 3.63) is 56.0 Å². The van der Waals surface area contributed by atoms with E-state index in [-0.39, 0.29) is 5.75 Å². The van der Waals surface area contributed by atoms with E-state index in [1.54, 1.807) is 37.3 Å². The summed E-state index contributed by atoms with van der Waals surface area (Å²) in [6.45, 7) is 1.67. The Morgan fingerprint density at radius 1 is 1.19 bits per heavy atom. The highest BCUT2D eigenvalue weighted by Gasteiger charge is 2.17. The van der Waals surface area contributed by atoms with E-state index >= 15 is 0 Å². The van der Waals surface area contributed by atoms with E-state index in [4.69, 9.17) is 43.6 Å². The Hall–Kier alpha value is -1.96. The number of carboxylic acids is 1. The summed E-state index contributed by atoms with van der Waals surface area (Å²) in [6, 6.07) is 8.41. The highest BCUT2D eigenvalue weighted by molar-refractivity contribution is 9.10.